The van der Waals surface area contributed by atoms with Gasteiger partial charge >= 0.3 is 0 Å². The fourth-order valence-corrected chi connectivity index (χ4v) is 2.07. The van der Waals surface area contributed by atoms with Crippen molar-refractivity contribution in [1.29, 1.82) is 0 Å². The van der Waals surface area contributed by atoms with Gasteiger partial charge in [0.1, 0.15) is 5.82 Å². The van der Waals surface area contributed by atoms with E-state index in [0.29, 0.717) is 5.82 Å². The quantitative estimate of drug-likeness (QED) is 0.863. The van der Waals surface area contributed by atoms with Gasteiger partial charge < -0.3 is 5.73 Å². The Labute approximate surface area is 105 Å². The Morgan fingerprint density at radius 3 is 2.60 bits per heavy atom. The van der Waals surface area contributed by atoms with Crippen LogP contribution in [0.4, 0.5) is 5.82 Å². The number of halogens is 2. The zero-order chi connectivity index (χ0) is 10.8. The maximum absolute atomic E-state index is 5.82. The maximum Gasteiger partial charge on any atom is 0.131 e. The van der Waals surface area contributed by atoms with E-state index >= 15 is 0 Å². The fraction of sp³-hybridized carbons (Fsp3) is 0. The molecule has 0 amide bonds. The van der Waals surface area contributed by atoms with Crippen molar-refractivity contribution in [2.24, 2.45) is 0 Å². The average molecular weight is 328 g/mol. The van der Waals surface area contributed by atoms with Gasteiger partial charge in [-0.1, -0.05) is 28.1 Å². The predicted molar refractivity (Wildman–Crippen MR) is 69.5 cm³/mol. The van der Waals surface area contributed by atoms with Crippen molar-refractivity contribution in [3.8, 4) is 11.1 Å². The molecular formula is C11H8Br2N2. The van der Waals surface area contributed by atoms with Crippen molar-refractivity contribution in [2.75, 3.05) is 5.73 Å². The van der Waals surface area contributed by atoms with Crippen LogP contribution in [-0.4, -0.2) is 4.98 Å². The second-order valence-corrected chi connectivity index (χ2v) is 4.93. The third-order valence-electron chi connectivity index (χ3n) is 2.02. The first-order valence-electron chi connectivity index (χ1n) is 4.34. The van der Waals surface area contributed by atoms with Crippen LogP contribution in [-0.2, 0) is 0 Å². The Kier molecular flexibility index (Phi) is 3.07. The predicted octanol–water partition coefficient (Wildman–Crippen LogP) is 3.86. The highest BCUT2D eigenvalue weighted by Gasteiger charge is 2.04. The molecule has 0 aliphatic rings. The van der Waals surface area contributed by atoms with E-state index in [2.05, 4.69) is 36.8 Å². The lowest BCUT2D eigenvalue weighted by Gasteiger charge is -2.05. The Morgan fingerprint density at radius 1 is 1.07 bits per heavy atom. The summed E-state index contributed by atoms with van der Waals surface area (Å²) in [5.41, 5.74) is 7.81. The minimum Gasteiger partial charge on any atom is -0.383 e. The van der Waals surface area contributed by atoms with Crippen LogP contribution in [0.1, 0.15) is 0 Å². The van der Waals surface area contributed by atoms with Crippen molar-refractivity contribution in [2.45, 2.75) is 0 Å². The summed E-state index contributed by atoms with van der Waals surface area (Å²) in [6.07, 6.45) is 1.69. The number of pyridine rings is 1. The van der Waals surface area contributed by atoms with Gasteiger partial charge in [0, 0.05) is 20.7 Å². The monoisotopic (exact) mass is 326 g/mol. The number of hydrogen-bond acceptors (Lipinski definition) is 2. The van der Waals surface area contributed by atoms with Crippen molar-refractivity contribution >= 4 is 37.7 Å². The third-order valence-corrected chi connectivity index (χ3v) is 2.95. The van der Waals surface area contributed by atoms with Gasteiger partial charge in [0.2, 0.25) is 0 Å². The first kappa shape index (κ1) is 10.6. The number of aromatic nitrogens is 1. The van der Waals surface area contributed by atoms with Gasteiger partial charge in [0.05, 0.1) is 0 Å². The number of benzene rings is 1. The largest absolute Gasteiger partial charge is 0.383 e. The SMILES string of the molecule is Nc1ncc(Br)cc1-c1cccc(Br)c1. The van der Waals surface area contributed by atoms with Crippen LogP contribution in [0.15, 0.2) is 45.5 Å². The van der Waals surface area contributed by atoms with Gasteiger partial charge in [-0.2, -0.15) is 0 Å². The molecule has 4 heteroatoms. The van der Waals surface area contributed by atoms with E-state index in [0.717, 1.165) is 20.1 Å². The normalized spacial score (nSPS) is 10.3. The molecule has 2 N–H and O–H groups in total. The van der Waals surface area contributed by atoms with Gasteiger partial charge in [-0.05, 0) is 39.7 Å². The van der Waals surface area contributed by atoms with Crippen molar-refractivity contribution in [1.82, 2.24) is 4.98 Å². The highest BCUT2D eigenvalue weighted by molar-refractivity contribution is 9.10. The Balaban J connectivity index is 2.58. The highest BCUT2D eigenvalue weighted by Crippen LogP contribution is 2.28. The zero-order valence-corrected chi connectivity index (χ0v) is 10.9. The van der Waals surface area contributed by atoms with Gasteiger partial charge in [0.15, 0.2) is 0 Å². The molecule has 0 saturated heterocycles. The van der Waals surface area contributed by atoms with Crippen LogP contribution in [0.5, 0.6) is 0 Å². The number of nitrogens with zero attached hydrogens (tertiary/aromatic N) is 1. The summed E-state index contributed by atoms with van der Waals surface area (Å²) in [5, 5.41) is 0. The minimum absolute atomic E-state index is 0.538. The second kappa shape index (κ2) is 4.33. The molecule has 0 saturated carbocycles. The van der Waals surface area contributed by atoms with Gasteiger partial charge in [-0.25, -0.2) is 4.98 Å². The highest BCUT2D eigenvalue weighted by atomic mass is 79.9. The summed E-state index contributed by atoms with van der Waals surface area (Å²) in [5.74, 6) is 0.538. The molecule has 0 aliphatic carbocycles. The molecule has 76 valence electrons. The third kappa shape index (κ3) is 2.38. The van der Waals surface area contributed by atoms with E-state index < -0.39 is 0 Å². The fourth-order valence-electron chi connectivity index (χ4n) is 1.34. The lowest BCUT2D eigenvalue weighted by Crippen LogP contribution is -1.93. The molecule has 2 aromatic rings. The average Bonchev–Trinajstić information content (AvgIpc) is 2.22. The van der Waals surface area contributed by atoms with E-state index in [4.69, 9.17) is 5.73 Å². The first-order chi connectivity index (χ1) is 7.16. The molecule has 0 radical (unpaired) electrons. The molecule has 0 unspecified atom stereocenters. The summed E-state index contributed by atoms with van der Waals surface area (Å²) in [6, 6.07) is 9.93. The Bertz CT molecular complexity index is 498. The number of anilines is 1. The van der Waals surface area contributed by atoms with Crippen LogP contribution in [0.25, 0.3) is 11.1 Å². The van der Waals surface area contributed by atoms with Crippen molar-refractivity contribution in [3.63, 3.8) is 0 Å². The van der Waals surface area contributed by atoms with Gasteiger partial charge in [-0.15, -0.1) is 0 Å². The molecule has 0 atom stereocenters. The second-order valence-electron chi connectivity index (χ2n) is 3.10. The summed E-state index contributed by atoms with van der Waals surface area (Å²) >= 11 is 6.81. The van der Waals surface area contributed by atoms with Gasteiger partial charge in [0.25, 0.3) is 0 Å². The van der Waals surface area contributed by atoms with E-state index in [-0.39, 0.29) is 0 Å². The van der Waals surface area contributed by atoms with Crippen LogP contribution in [0.3, 0.4) is 0 Å². The van der Waals surface area contributed by atoms with Crippen LogP contribution in [0, 0.1) is 0 Å². The van der Waals surface area contributed by atoms with E-state index in [9.17, 15) is 0 Å². The lowest BCUT2D eigenvalue weighted by molar-refractivity contribution is 1.32. The molecule has 1 aromatic carbocycles. The zero-order valence-electron chi connectivity index (χ0n) is 7.74. The Hall–Kier alpha value is -0.870. The van der Waals surface area contributed by atoms with Crippen LogP contribution >= 0.6 is 31.9 Å². The van der Waals surface area contributed by atoms with E-state index in [1.54, 1.807) is 6.20 Å². The minimum atomic E-state index is 0.538. The van der Waals surface area contributed by atoms with E-state index in [1.807, 2.05) is 30.3 Å². The summed E-state index contributed by atoms with van der Waals surface area (Å²) in [7, 11) is 0. The summed E-state index contributed by atoms with van der Waals surface area (Å²) in [6.45, 7) is 0. The van der Waals surface area contributed by atoms with Crippen molar-refractivity contribution in [3.05, 3.63) is 45.5 Å². The van der Waals surface area contributed by atoms with Crippen LogP contribution in [0.2, 0.25) is 0 Å². The number of rotatable bonds is 1. The molecular weight excluding hydrogens is 320 g/mol. The molecule has 1 aromatic heterocycles. The Morgan fingerprint density at radius 2 is 1.87 bits per heavy atom. The molecule has 1 heterocycles. The number of nitrogen functional groups attached to an aromatic ring is 1. The van der Waals surface area contributed by atoms with Crippen molar-refractivity contribution < 1.29 is 0 Å². The van der Waals surface area contributed by atoms with Crippen LogP contribution < -0.4 is 5.73 Å². The molecule has 15 heavy (non-hydrogen) atoms. The molecule has 0 fully saturated rings. The maximum atomic E-state index is 5.82. The molecule has 0 bridgehead atoms. The molecule has 0 spiro atoms. The molecule has 0 aliphatic heterocycles. The van der Waals surface area contributed by atoms with Gasteiger partial charge in [-0.3, -0.25) is 0 Å². The smallest absolute Gasteiger partial charge is 0.131 e. The standard InChI is InChI=1S/C11H8Br2N2/c12-8-3-1-2-7(4-8)10-5-9(13)6-15-11(10)14/h1-6H,(H2,14,15). The number of nitrogens with two attached hydrogens (primary N) is 1. The molecule has 2 nitrogen and oxygen atoms in total. The molecule has 2 rings (SSSR count). The summed E-state index contributed by atoms with van der Waals surface area (Å²) < 4.78 is 1.95. The summed E-state index contributed by atoms with van der Waals surface area (Å²) in [4.78, 5) is 4.10. The topological polar surface area (TPSA) is 38.9 Å². The van der Waals surface area contributed by atoms with E-state index in [1.165, 1.54) is 0 Å². The number of hydrogen-bond donors (Lipinski definition) is 1. The lowest BCUT2D eigenvalue weighted by atomic mass is 10.1. The first-order valence-corrected chi connectivity index (χ1v) is 5.92.